The van der Waals surface area contributed by atoms with Crippen LogP contribution in [0.1, 0.15) is 17.2 Å². The van der Waals surface area contributed by atoms with Gasteiger partial charge in [-0.05, 0) is 36.5 Å². The highest BCUT2D eigenvalue weighted by atomic mass is 16.5. The van der Waals surface area contributed by atoms with Crippen LogP contribution < -0.4 is 15.4 Å². The first-order chi connectivity index (χ1) is 15.0. The van der Waals surface area contributed by atoms with Crippen molar-refractivity contribution in [3.8, 4) is 5.75 Å². The molecule has 3 aromatic rings. The number of carbonyl (C=O) groups is 2. The summed E-state index contributed by atoms with van der Waals surface area (Å²) >= 11 is 0. The second-order valence-electron chi connectivity index (χ2n) is 7.62. The molecule has 0 aliphatic carbocycles. The summed E-state index contributed by atoms with van der Waals surface area (Å²) in [4.78, 5) is 26.8. The Labute approximate surface area is 183 Å². The Morgan fingerprint density at radius 3 is 2.39 bits per heavy atom. The third kappa shape index (κ3) is 5.83. The molecule has 0 unspecified atom stereocenters. The van der Waals surface area contributed by atoms with Crippen molar-refractivity contribution in [1.29, 1.82) is 0 Å². The number of para-hydroxylation sites is 1. The van der Waals surface area contributed by atoms with E-state index in [4.69, 9.17) is 4.74 Å². The van der Waals surface area contributed by atoms with Crippen LogP contribution in [0.25, 0.3) is 10.8 Å². The van der Waals surface area contributed by atoms with E-state index in [2.05, 4.69) is 10.6 Å². The monoisotopic (exact) mass is 419 g/mol. The first-order valence-corrected chi connectivity index (χ1v) is 10.3. The van der Waals surface area contributed by atoms with Crippen molar-refractivity contribution in [1.82, 2.24) is 15.5 Å². The number of fused-ring (bicyclic) bond motifs is 1. The first-order valence-electron chi connectivity index (χ1n) is 10.3. The number of nitrogens with one attached hydrogen (secondary N) is 2. The standard InChI is InChI=1S/C25H29N3O3/c1-28(2)22(21-13-6-7-14-23(21)31-3)16-26-25(30)17-27-24(29)15-19-11-8-10-18-9-4-5-12-20(18)19/h4-14,22H,15-17H2,1-3H3,(H,26,30)(H,27,29)/t22-/m0/s1. The molecule has 0 spiro atoms. The van der Waals surface area contributed by atoms with Crippen LogP contribution >= 0.6 is 0 Å². The van der Waals surface area contributed by atoms with E-state index in [0.717, 1.165) is 27.6 Å². The lowest BCUT2D eigenvalue weighted by Gasteiger charge is -2.26. The summed E-state index contributed by atoms with van der Waals surface area (Å²) in [6, 6.07) is 21.6. The molecule has 162 valence electrons. The second kappa shape index (κ2) is 10.6. The van der Waals surface area contributed by atoms with Crippen molar-refractivity contribution in [2.75, 3.05) is 34.3 Å². The van der Waals surface area contributed by atoms with Crippen LogP contribution in [0.15, 0.2) is 66.7 Å². The Kier molecular flexibility index (Phi) is 7.62. The Hall–Kier alpha value is -3.38. The number of methoxy groups -OCH3 is 1. The Bertz CT molecular complexity index is 1040. The minimum Gasteiger partial charge on any atom is -0.496 e. The summed E-state index contributed by atoms with van der Waals surface area (Å²) in [6.07, 6.45) is 0.232. The van der Waals surface area contributed by atoms with Gasteiger partial charge in [-0.1, -0.05) is 60.7 Å². The summed E-state index contributed by atoms with van der Waals surface area (Å²) < 4.78 is 5.45. The maximum atomic E-state index is 12.4. The average Bonchev–Trinajstić information content (AvgIpc) is 2.78. The Balaban J connectivity index is 1.53. The van der Waals surface area contributed by atoms with Gasteiger partial charge >= 0.3 is 0 Å². The maximum Gasteiger partial charge on any atom is 0.239 e. The molecule has 0 saturated heterocycles. The number of nitrogens with zero attached hydrogens (tertiary/aromatic N) is 1. The molecule has 1 atom stereocenters. The van der Waals surface area contributed by atoms with Gasteiger partial charge in [0.25, 0.3) is 0 Å². The summed E-state index contributed by atoms with van der Waals surface area (Å²) in [5.74, 6) is 0.368. The van der Waals surface area contributed by atoms with Gasteiger partial charge in [0, 0.05) is 12.1 Å². The molecule has 0 radical (unpaired) electrons. The van der Waals surface area contributed by atoms with Crippen molar-refractivity contribution in [2.45, 2.75) is 12.5 Å². The van der Waals surface area contributed by atoms with Crippen molar-refractivity contribution in [3.63, 3.8) is 0 Å². The van der Waals surface area contributed by atoms with Crippen LogP contribution in [0.3, 0.4) is 0 Å². The van der Waals surface area contributed by atoms with E-state index in [-0.39, 0.29) is 30.8 Å². The Morgan fingerprint density at radius 1 is 0.903 bits per heavy atom. The first kappa shape index (κ1) is 22.3. The fourth-order valence-electron chi connectivity index (χ4n) is 3.65. The number of amides is 2. The van der Waals surface area contributed by atoms with Crippen LogP contribution in [0, 0.1) is 0 Å². The van der Waals surface area contributed by atoms with Gasteiger partial charge in [0.1, 0.15) is 5.75 Å². The molecule has 0 aliphatic heterocycles. The summed E-state index contributed by atoms with van der Waals surface area (Å²) in [6.45, 7) is 0.348. The SMILES string of the molecule is COc1ccccc1[C@H](CNC(=O)CNC(=O)Cc1cccc2ccccc12)N(C)C. The van der Waals surface area contributed by atoms with E-state index >= 15 is 0 Å². The van der Waals surface area contributed by atoms with Crippen molar-refractivity contribution in [3.05, 3.63) is 77.9 Å². The third-order valence-electron chi connectivity index (χ3n) is 5.29. The molecule has 31 heavy (non-hydrogen) atoms. The molecule has 0 aromatic heterocycles. The second-order valence-corrected chi connectivity index (χ2v) is 7.62. The van der Waals surface area contributed by atoms with Crippen molar-refractivity contribution in [2.24, 2.45) is 0 Å². The molecular weight excluding hydrogens is 390 g/mol. The van der Waals surface area contributed by atoms with Gasteiger partial charge in [0.05, 0.1) is 26.1 Å². The number of likely N-dealkylation sites (N-methyl/N-ethyl adjacent to an activating group) is 1. The Morgan fingerprint density at radius 2 is 1.61 bits per heavy atom. The van der Waals surface area contributed by atoms with Crippen LogP contribution in [-0.4, -0.2) is 51.0 Å². The lowest BCUT2D eigenvalue weighted by molar-refractivity contribution is -0.125. The molecule has 6 heteroatoms. The molecule has 2 N–H and O–H groups in total. The fourth-order valence-corrected chi connectivity index (χ4v) is 3.65. The smallest absolute Gasteiger partial charge is 0.239 e. The van der Waals surface area contributed by atoms with Gasteiger partial charge in [-0.3, -0.25) is 9.59 Å². The molecule has 3 aromatic carbocycles. The lowest BCUT2D eigenvalue weighted by Crippen LogP contribution is -2.41. The van der Waals surface area contributed by atoms with Gasteiger partial charge < -0.3 is 20.3 Å². The number of benzene rings is 3. The van der Waals surface area contributed by atoms with Gasteiger partial charge in [0.15, 0.2) is 0 Å². The van der Waals surface area contributed by atoms with Gasteiger partial charge in [0.2, 0.25) is 11.8 Å². The summed E-state index contributed by atoms with van der Waals surface area (Å²) in [7, 11) is 5.54. The lowest BCUT2D eigenvalue weighted by atomic mass is 10.0. The molecule has 0 fully saturated rings. The van der Waals surface area contributed by atoms with E-state index in [1.165, 1.54) is 0 Å². The topological polar surface area (TPSA) is 70.7 Å². The molecule has 0 bridgehead atoms. The molecule has 3 rings (SSSR count). The highest BCUT2D eigenvalue weighted by molar-refractivity contribution is 5.91. The predicted octanol–water partition coefficient (Wildman–Crippen LogP) is 2.93. The number of hydrogen-bond acceptors (Lipinski definition) is 4. The molecule has 0 saturated carbocycles. The van der Waals surface area contributed by atoms with Gasteiger partial charge in [-0.25, -0.2) is 0 Å². The van der Waals surface area contributed by atoms with E-state index in [1.807, 2.05) is 85.7 Å². The number of rotatable bonds is 9. The van der Waals surface area contributed by atoms with Crippen LogP contribution in [-0.2, 0) is 16.0 Å². The molecule has 6 nitrogen and oxygen atoms in total. The number of hydrogen-bond donors (Lipinski definition) is 2. The zero-order chi connectivity index (χ0) is 22.2. The van der Waals surface area contributed by atoms with Crippen LogP contribution in [0.5, 0.6) is 5.75 Å². The van der Waals surface area contributed by atoms with Crippen molar-refractivity contribution < 1.29 is 14.3 Å². The maximum absolute atomic E-state index is 12.4. The fraction of sp³-hybridized carbons (Fsp3) is 0.280. The van der Waals surface area contributed by atoms with E-state index in [1.54, 1.807) is 7.11 Å². The van der Waals surface area contributed by atoms with Crippen LogP contribution in [0.4, 0.5) is 0 Å². The number of carbonyl (C=O) groups excluding carboxylic acids is 2. The zero-order valence-corrected chi connectivity index (χ0v) is 18.2. The average molecular weight is 420 g/mol. The summed E-state index contributed by atoms with van der Waals surface area (Å²) in [5, 5.41) is 7.78. The summed E-state index contributed by atoms with van der Waals surface area (Å²) in [5.41, 5.74) is 1.94. The molecule has 2 amide bonds. The quantitative estimate of drug-likeness (QED) is 0.560. The van der Waals surface area contributed by atoms with E-state index < -0.39 is 0 Å². The minimum absolute atomic E-state index is 0.0496. The van der Waals surface area contributed by atoms with Crippen molar-refractivity contribution >= 4 is 22.6 Å². The molecular formula is C25H29N3O3. The predicted molar refractivity (Wildman–Crippen MR) is 123 cm³/mol. The van der Waals surface area contributed by atoms with Gasteiger partial charge in [-0.2, -0.15) is 0 Å². The number of ether oxygens (including phenoxy) is 1. The molecule has 0 heterocycles. The zero-order valence-electron chi connectivity index (χ0n) is 18.2. The molecule has 0 aliphatic rings. The minimum atomic E-state index is -0.229. The largest absolute Gasteiger partial charge is 0.496 e. The van der Waals surface area contributed by atoms with E-state index in [0.29, 0.717) is 6.54 Å². The highest BCUT2D eigenvalue weighted by Gasteiger charge is 2.19. The van der Waals surface area contributed by atoms with Gasteiger partial charge in [-0.15, -0.1) is 0 Å². The third-order valence-corrected chi connectivity index (χ3v) is 5.29. The van der Waals surface area contributed by atoms with E-state index in [9.17, 15) is 9.59 Å². The normalized spacial score (nSPS) is 11.9. The highest BCUT2D eigenvalue weighted by Crippen LogP contribution is 2.27. The van der Waals surface area contributed by atoms with Crippen LogP contribution in [0.2, 0.25) is 0 Å².